The fourth-order valence-electron chi connectivity index (χ4n) is 3.55. The fourth-order valence-corrected chi connectivity index (χ4v) is 3.55. The number of amides is 1. The maximum Gasteiger partial charge on any atom is 0.252 e. The molecule has 9 heteroatoms. The number of ether oxygens (including phenoxy) is 1. The number of carbonyl (C=O) groups is 1. The topological polar surface area (TPSA) is 97.5 Å². The first kappa shape index (κ1) is 19.3. The van der Waals surface area contributed by atoms with Crippen molar-refractivity contribution >= 4 is 17.5 Å². The van der Waals surface area contributed by atoms with Gasteiger partial charge < -0.3 is 15.0 Å². The van der Waals surface area contributed by atoms with E-state index in [1.54, 1.807) is 4.52 Å². The van der Waals surface area contributed by atoms with E-state index in [-0.39, 0.29) is 5.91 Å². The molecule has 0 aromatic carbocycles. The summed E-state index contributed by atoms with van der Waals surface area (Å²) in [6, 6.07) is 4.01. The minimum absolute atomic E-state index is 0.000238. The third kappa shape index (κ3) is 4.34. The molecular weight excluding hydrogens is 370 g/mol. The van der Waals surface area contributed by atoms with Crippen molar-refractivity contribution in [2.24, 2.45) is 0 Å². The highest BCUT2D eigenvalue weighted by molar-refractivity contribution is 5.76. The van der Waals surface area contributed by atoms with Gasteiger partial charge in [0.05, 0.1) is 13.2 Å². The number of carbonyl (C=O) groups excluding carboxylic acids is 1. The highest BCUT2D eigenvalue weighted by Crippen LogP contribution is 2.15. The second-order valence-corrected chi connectivity index (χ2v) is 7.13. The molecule has 1 saturated heterocycles. The first-order valence-electron chi connectivity index (χ1n) is 9.82. The Hall–Kier alpha value is -3.07. The summed E-state index contributed by atoms with van der Waals surface area (Å²) in [4.78, 5) is 27.6. The van der Waals surface area contributed by atoms with E-state index in [9.17, 15) is 4.79 Å². The summed E-state index contributed by atoms with van der Waals surface area (Å²) in [5.74, 6) is 1.53. The molecule has 0 bridgehead atoms. The number of aryl methyl sites for hydroxylation is 2. The van der Waals surface area contributed by atoms with Crippen LogP contribution in [0.25, 0.3) is 5.78 Å². The quantitative estimate of drug-likeness (QED) is 0.670. The summed E-state index contributed by atoms with van der Waals surface area (Å²) >= 11 is 0. The zero-order chi connectivity index (χ0) is 20.2. The Kier molecular flexibility index (Phi) is 5.66. The zero-order valence-corrected chi connectivity index (χ0v) is 16.8. The molecular formula is C20H25N7O2. The van der Waals surface area contributed by atoms with Gasteiger partial charge in [0.15, 0.2) is 0 Å². The molecule has 0 saturated carbocycles. The summed E-state index contributed by atoms with van der Waals surface area (Å²) in [5, 5.41) is 7.16. The highest BCUT2D eigenvalue weighted by atomic mass is 16.5. The number of nitrogens with one attached hydrogen (secondary N) is 1. The first-order chi connectivity index (χ1) is 14.1. The monoisotopic (exact) mass is 395 g/mol. The largest absolute Gasteiger partial charge is 0.378 e. The average Bonchev–Trinajstić information content (AvgIpc) is 3.22. The number of fused-ring (bicyclic) bond motifs is 1. The lowest BCUT2D eigenvalue weighted by Gasteiger charge is -2.27. The molecule has 0 aliphatic carbocycles. The minimum Gasteiger partial charge on any atom is -0.378 e. The van der Waals surface area contributed by atoms with Crippen LogP contribution in [0.4, 0.5) is 5.82 Å². The van der Waals surface area contributed by atoms with Gasteiger partial charge in [-0.15, -0.1) is 0 Å². The Morgan fingerprint density at radius 1 is 1.21 bits per heavy atom. The molecule has 4 heterocycles. The SMILES string of the molecule is Cc1nc2ncnn2c(C)c1CCC(=O)NCc1ccc(N2CCOCC2)nc1. The molecule has 1 aliphatic heterocycles. The molecule has 0 spiro atoms. The number of pyridine rings is 1. The van der Waals surface area contributed by atoms with Gasteiger partial charge in [0.2, 0.25) is 5.91 Å². The number of hydrogen-bond donors (Lipinski definition) is 1. The number of hydrogen-bond acceptors (Lipinski definition) is 7. The molecule has 0 radical (unpaired) electrons. The van der Waals surface area contributed by atoms with Crippen molar-refractivity contribution in [1.82, 2.24) is 29.9 Å². The normalized spacial score (nSPS) is 14.3. The third-order valence-corrected chi connectivity index (χ3v) is 5.22. The molecule has 3 aromatic heterocycles. The maximum absolute atomic E-state index is 12.3. The van der Waals surface area contributed by atoms with Crippen LogP contribution >= 0.6 is 0 Å². The van der Waals surface area contributed by atoms with Gasteiger partial charge in [-0.05, 0) is 37.5 Å². The van der Waals surface area contributed by atoms with Gasteiger partial charge in [0.1, 0.15) is 12.1 Å². The lowest BCUT2D eigenvalue weighted by molar-refractivity contribution is -0.121. The Bertz CT molecular complexity index is 994. The summed E-state index contributed by atoms with van der Waals surface area (Å²) < 4.78 is 7.08. The van der Waals surface area contributed by atoms with Crippen LogP contribution in [0.5, 0.6) is 0 Å². The van der Waals surface area contributed by atoms with Crippen LogP contribution in [-0.4, -0.2) is 56.8 Å². The van der Waals surface area contributed by atoms with Crippen molar-refractivity contribution in [2.45, 2.75) is 33.2 Å². The van der Waals surface area contributed by atoms with Gasteiger partial charge in [-0.25, -0.2) is 14.5 Å². The van der Waals surface area contributed by atoms with Crippen molar-refractivity contribution in [3.05, 3.63) is 47.2 Å². The Morgan fingerprint density at radius 2 is 2.03 bits per heavy atom. The van der Waals surface area contributed by atoms with Crippen LogP contribution in [-0.2, 0) is 22.5 Å². The lowest BCUT2D eigenvalue weighted by Crippen LogP contribution is -2.36. The highest BCUT2D eigenvalue weighted by Gasteiger charge is 2.14. The second-order valence-electron chi connectivity index (χ2n) is 7.13. The molecule has 0 atom stereocenters. The van der Waals surface area contributed by atoms with Gasteiger partial charge >= 0.3 is 0 Å². The standard InChI is InChI=1S/C20H25N7O2/c1-14-17(15(2)27-20(25-14)23-13-24-27)4-6-19(28)22-12-16-3-5-18(21-11-16)26-7-9-29-10-8-26/h3,5,11,13H,4,6-10,12H2,1-2H3,(H,22,28). The van der Waals surface area contributed by atoms with Gasteiger partial charge in [-0.2, -0.15) is 10.1 Å². The van der Waals surface area contributed by atoms with E-state index >= 15 is 0 Å². The minimum atomic E-state index is -0.000238. The molecule has 9 nitrogen and oxygen atoms in total. The van der Waals surface area contributed by atoms with E-state index in [1.807, 2.05) is 32.2 Å². The van der Waals surface area contributed by atoms with Crippen LogP contribution in [0, 0.1) is 13.8 Å². The van der Waals surface area contributed by atoms with Gasteiger partial charge in [0, 0.05) is 43.6 Å². The van der Waals surface area contributed by atoms with Crippen LogP contribution < -0.4 is 10.2 Å². The molecule has 1 aliphatic rings. The van der Waals surface area contributed by atoms with Crippen LogP contribution in [0.2, 0.25) is 0 Å². The Balaban J connectivity index is 1.30. The number of rotatable bonds is 6. The van der Waals surface area contributed by atoms with Crippen molar-refractivity contribution in [3.8, 4) is 0 Å². The van der Waals surface area contributed by atoms with Crippen LogP contribution in [0.3, 0.4) is 0 Å². The smallest absolute Gasteiger partial charge is 0.252 e. The van der Waals surface area contributed by atoms with Crippen LogP contribution in [0.1, 0.15) is 28.9 Å². The average molecular weight is 395 g/mol. The fraction of sp³-hybridized carbons (Fsp3) is 0.450. The predicted molar refractivity (Wildman–Crippen MR) is 108 cm³/mol. The van der Waals surface area contributed by atoms with Crippen LogP contribution in [0.15, 0.2) is 24.7 Å². The Morgan fingerprint density at radius 3 is 2.79 bits per heavy atom. The van der Waals surface area contributed by atoms with Crippen molar-refractivity contribution in [1.29, 1.82) is 0 Å². The van der Waals surface area contributed by atoms with E-state index < -0.39 is 0 Å². The van der Waals surface area contributed by atoms with Crippen molar-refractivity contribution < 1.29 is 9.53 Å². The van der Waals surface area contributed by atoms with E-state index in [2.05, 4.69) is 30.3 Å². The maximum atomic E-state index is 12.3. The van der Waals surface area contributed by atoms with Gasteiger partial charge in [-0.1, -0.05) is 6.07 Å². The number of nitrogens with zero attached hydrogens (tertiary/aromatic N) is 6. The number of morpholine rings is 1. The molecule has 4 rings (SSSR count). The first-order valence-corrected chi connectivity index (χ1v) is 9.82. The van der Waals surface area contributed by atoms with E-state index in [0.717, 1.165) is 54.6 Å². The van der Waals surface area contributed by atoms with E-state index in [0.29, 0.717) is 25.2 Å². The third-order valence-electron chi connectivity index (χ3n) is 5.22. The number of aromatic nitrogens is 5. The molecule has 3 aromatic rings. The molecule has 1 amide bonds. The van der Waals surface area contributed by atoms with Crippen molar-refractivity contribution in [2.75, 3.05) is 31.2 Å². The molecule has 1 fully saturated rings. The lowest BCUT2D eigenvalue weighted by atomic mass is 10.1. The summed E-state index contributed by atoms with van der Waals surface area (Å²) in [5.41, 5.74) is 3.88. The van der Waals surface area contributed by atoms with E-state index in [1.165, 1.54) is 6.33 Å². The summed E-state index contributed by atoms with van der Waals surface area (Å²) in [6.45, 7) is 7.57. The summed E-state index contributed by atoms with van der Waals surface area (Å²) in [7, 11) is 0. The molecule has 0 unspecified atom stereocenters. The second kappa shape index (κ2) is 8.52. The molecule has 29 heavy (non-hydrogen) atoms. The predicted octanol–water partition coefficient (Wildman–Crippen LogP) is 1.22. The van der Waals surface area contributed by atoms with Gasteiger partial charge in [0.25, 0.3) is 5.78 Å². The zero-order valence-electron chi connectivity index (χ0n) is 16.8. The Labute approximate surface area is 169 Å². The van der Waals surface area contributed by atoms with E-state index in [4.69, 9.17) is 4.74 Å². The molecule has 1 N–H and O–H groups in total. The van der Waals surface area contributed by atoms with Gasteiger partial charge in [-0.3, -0.25) is 4.79 Å². The van der Waals surface area contributed by atoms with Crippen molar-refractivity contribution in [3.63, 3.8) is 0 Å². The molecule has 152 valence electrons. The summed E-state index contributed by atoms with van der Waals surface area (Å²) in [6.07, 6.45) is 4.31. The number of anilines is 1.